The van der Waals surface area contributed by atoms with E-state index in [0.29, 0.717) is 42.2 Å². The number of benzene rings is 2. The summed E-state index contributed by atoms with van der Waals surface area (Å²) in [6.45, 7) is 4.15. The maximum absolute atomic E-state index is 12.2. The summed E-state index contributed by atoms with van der Waals surface area (Å²) < 4.78 is 10.5. The zero-order chi connectivity index (χ0) is 19.5. The van der Waals surface area contributed by atoms with Gasteiger partial charge in [0, 0.05) is 17.3 Å². The minimum absolute atomic E-state index is 0.240. The van der Waals surface area contributed by atoms with Crippen molar-refractivity contribution in [3.8, 4) is 11.8 Å². The molecule has 0 aliphatic carbocycles. The normalized spacial score (nSPS) is 9.74. The van der Waals surface area contributed by atoms with Crippen LogP contribution in [0.25, 0.3) is 0 Å². The van der Waals surface area contributed by atoms with E-state index in [0.717, 1.165) is 12.5 Å². The maximum atomic E-state index is 12.2. The average molecular weight is 364 g/mol. The number of hydrogen-bond donors (Lipinski definition) is 1. The van der Waals surface area contributed by atoms with Crippen molar-refractivity contribution in [1.29, 1.82) is 5.26 Å². The van der Waals surface area contributed by atoms with Crippen LogP contribution in [0.15, 0.2) is 61.2 Å². The molecule has 0 saturated carbocycles. The van der Waals surface area contributed by atoms with Gasteiger partial charge in [0.2, 0.25) is 0 Å². The Bertz CT molecular complexity index is 821. The number of esters is 1. The van der Waals surface area contributed by atoms with Crippen molar-refractivity contribution in [2.45, 2.75) is 12.8 Å². The average Bonchev–Trinajstić information content (AvgIpc) is 2.71. The molecule has 6 heteroatoms. The van der Waals surface area contributed by atoms with E-state index in [-0.39, 0.29) is 5.91 Å². The highest BCUT2D eigenvalue weighted by molar-refractivity contribution is 6.04. The molecule has 0 fully saturated rings. The first-order chi connectivity index (χ1) is 13.1. The van der Waals surface area contributed by atoms with E-state index in [1.54, 1.807) is 48.5 Å². The van der Waals surface area contributed by atoms with Gasteiger partial charge in [-0.25, -0.2) is 4.79 Å². The molecule has 0 aliphatic rings. The topological polar surface area (TPSA) is 88.4 Å². The van der Waals surface area contributed by atoms with Gasteiger partial charge in [0.25, 0.3) is 5.91 Å². The maximum Gasteiger partial charge on any atom is 0.330 e. The summed E-state index contributed by atoms with van der Waals surface area (Å²) in [5.41, 5.74) is 1.66. The molecule has 2 aromatic rings. The summed E-state index contributed by atoms with van der Waals surface area (Å²) in [4.78, 5) is 23.1. The van der Waals surface area contributed by atoms with Gasteiger partial charge in [0.15, 0.2) is 0 Å². The number of nitriles is 1. The summed E-state index contributed by atoms with van der Waals surface area (Å²) in [5, 5.41) is 11.5. The SMILES string of the molecule is C=CC(=O)OCCCCOc1ccc(C(=O)Nc2ccc(C#N)cc2)cc1. The molecule has 0 atom stereocenters. The molecular formula is C21H20N2O4. The minimum Gasteiger partial charge on any atom is -0.494 e. The largest absolute Gasteiger partial charge is 0.494 e. The van der Waals surface area contributed by atoms with Crippen LogP contribution in [-0.4, -0.2) is 25.1 Å². The van der Waals surface area contributed by atoms with E-state index in [1.165, 1.54) is 0 Å². The first-order valence-corrected chi connectivity index (χ1v) is 8.46. The zero-order valence-electron chi connectivity index (χ0n) is 14.8. The van der Waals surface area contributed by atoms with Crippen molar-refractivity contribution in [3.05, 3.63) is 72.3 Å². The van der Waals surface area contributed by atoms with Crippen molar-refractivity contribution in [1.82, 2.24) is 0 Å². The third-order valence-corrected chi connectivity index (χ3v) is 3.61. The molecule has 6 nitrogen and oxygen atoms in total. The Balaban J connectivity index is 1.75. The summed E-state index contributed by atoms with van der Waals surface area (Å²) in [6, 6.07) is 15.5. The molecule has 1 amide bonds. The van der Waals surface area contributed by atoms with Gasteiger partial charge >= 0.3 is 5.97 Å². The first-order valence-electron chi connectivity index (χ1n) is 8.46. The van der Waals surface area contributed by atoms with Gasteiger partial charge in [-0.15, -0.1) is 0 Å². The van der Waals surface area contributed by atoms with Gasteiger partial charge in [0.05, 0.1) is 24.8 Å². The molecule has 27 heavy (non-hydrogen) atoms. The lowest BCUT2D eigenvalue weighted by atomic mass is 10.2. The molecule has 2 aromatic carbocycles. The number of rotatable bonds is 9. The predicted molar refractivity (Wildman–Crippen MR) is 101 cm³/mol. The molecule has 0 unspecified atom stereocenters. The second-order valence-corrected chi connectivity index (χ2v) is 5.59. The number of ether oxygens (including phenoxy) is 2. The highest BCUT2D eigenvalue weighted by Gasteiger charge is 2.06. The van der Waals surface area contributed by atoms with Gasteiger partial charge in [-0.2, -0.15) is 5.26 Å². The second kappa shape index (κ2) is 10.4. The van der Waals surface area contributed by atoms with Gasteiger partial charge < -0.3 is 14.8 Å². The molecule has 0 saturated heterocycles. The van der Waals surface area contributed by atoms with Crippen molar-refractivity contribution in [3.63, 3.8) is 0 Å². The van der Waals surface area contributed by atoms with Crippen molar-refractivity contribution >= 4 is 17.6 Å². The molecular weight excluding hydrogens is 344 g/mol. The lowest BCUT2D eigenvalue weighted by Gasteiger charge is -2.08. The number of carbonyl (C=O) groups is 2. The van der Waals surface area contributed by atoms with Crippen LogP contribution < -0.4 is 10.1 Å². The van der Waals surface area contributed by atoms with Crippen molar-refractivity contribution < 1.29 is 19.1 Å². The lowest BCUT2D eigenvalue weighted by Crippen LogP contribution is -2.11. The zero-order valence-corrected chi connectivity index (χ0v) is 14.8. The molecule has 0 aliphatic heterocycles. The second-order valence-electron chi connectivity index (χ2n) is 5.59. The number of nitrogens with zero attached hydrogens (tertiary/aromatic N) is 1. The Morgan fingerprint density at radius 3 is 2.33 bits per heavy atom. The van der Waals surface area contributed by atoms with E-state index in [1.807, 2.05) is 6.07 Å². The van der Waals surface area contributed by atoms with Crippen molar-refractivity contribution in [2.75, 3.05) is 18.5 Å². The fourth-order valence-electron chi connectivity index (χ4n) is 2.16. The van der Waals surface area contributed by atoms with Crippen LogP contribution in [0.1, 0.15) is 28.8 Å². The fourth-order valence-corrected chi connectivity index (χ4v) is 2.16. The molecule has 0 heterocycles. The number of amides is 1. The summed E-state index contributed by atoms with van der Waals surface area (Å²) in [6.07, 6.45) is 2.57. The molecule has 0 radical (unpaired) electrons. The Morgan fingerprint density at radius 1 is 1.04 bits per heavy atom. The van der Waals surface area contributed by atoms with Crippen LogP contribution in [0, 0.1) is 11.3 Å². The summed E-state index contributed by atoms with van der Waals surface area (Å²) in [7, 11) is 0. The monoisotopic (exact) mass is 364 g/mol. The molecule has 1 N–H and O–H groups in total. The molecule has 0 spiro atoms. The summed E-state index contributed by atoms with van der Waals surface area (Å²) in [5.74, 6) is -0.00547. The number of nitrogens with one attached hydrogen (secondary N) is 1. The Kier molecular flexibility index (Phi) is 7.61. The highest BCUT2D eigenvalue weighted by Crippen LogP contribution is 2.15. The van der Waals surface area contributed by atoms with E-state index in [2.05, 4.69) is 11.9 Å². The van der Waals surface area contributed by atoms with Crippen molar-refractivity contribution in [2.24, 2.45) is 0 Å². The quantitative estimate of drug-likeness (QED) is 0.416. The Hall–Kier alpha value is -3.59. The van der Waals surface area contributed by atoms with Crippen LogP contribution in [0.4, 0.5) is 5.69 Å². The van der Waals surface area contributed by atoms with E-state index < -0.39 is 5.97 Å². The fraction of sp³-hybridized carbons (Fsp3) is 0.190. The smallest absolute Gasteiger partial charge is 0.330 e. The van der Waals surface area contributed by atoms with E-state index in [4.69, 9.17) is 14.7 Å². The number of anilines is 1. The van der Waals surface area contributed by atoms with Crippen LogP contribution >= 0.6 is 0 Å². The molecule has 0 bridgehead atoms. The number of unbranched alkanes of at least 4 members (excludes halogenated alkanes) is 1. The third-order valence-electron chi connectivity index (χ3n) is 3.61. The van der Waals surface area contributed by atoms with E-state index in [9.17, 15) is 9.59 Å². The van der Waals surface area contributed by atoms with Crippen LogP contribution in [0.2, 0.25) is 0 Å². The molecule has 2 rings (SSSR count). The minimum atomic E-state index is -0.425. The van der Waals surface area contributed by atoms with Gasteiger partial charge in [-0.1, -0.05) is 6.58 Å². The standard InChI is InChI=1S/C21H20N2O4/c1-2-20(24)27-14-4-3-13-26-19-11-7-17(8-12-19)21(25)23-18-9-5-16(15-22)6-10-18/h2,5-12H,1,3-4,13-14H2,(H,23,25). The Labute approximate surface area is 158 Å². The molecule has 0 aromatic heterocycles. The predicted octanol–water partition coefficient (Wildman–Crippen LogP) is 3.70. The van der Waals surface area contributed by atoms with Crippen LogP contribution in [-0.2, 0) is 9.53 Å². The lowest BCUT2D eigenvalue weighted by molar-refractivity contribution is -0.137. The third kappa shape index (κ3) is 6.67. The molecule has 138 valence electrons. The van der Waals surface area contributed by atoms with Gasteiger partial charge in [-0.3, -0.25) is 4.79 Å². The number of hydrogen-bond acceptors (Lipinski definition) is 5. The Morgan fingerprint density at radius 2 is 1.70 bits per heavy atom. The highest BCUT2D eigenvalue weighted by atomic mass is 16.5. The van der Waals surface area contributed by atoms with Crippen LogP contribution in [0.3, 0.4) is 0 Å². The van der Waals surface area contributed by atoms with Crippen LogP contribution in [0.5, 0.6) is 5.75 Å². The van der Waals surface area contributed by atoms with Gasteiger partial charge in [-0.05, 0) is 61.4 Å². The summed E-state index contributed by atoms with van der Waals surface area (Å²) >= 11 is 0. The van der Waals surface area contributed by atoms with Gasteiger partial charge in [0.1, 0.15) is 5.75 Å². The number of carbonyl (C=O) groups excluding carboxylic acids is 2. The van der Waals surface area contributed by atoms with E-state index >= 15 is 0 Å². The first kappa shape index (κ1) is 19.7.